The zero-order valence-corrected chi connectivity index (χ0v) is 13.9. The first-order valence-corrected chi connectivity index (χ1v) is 8.92. The Morgan fingerprint density at radius 1 is 1.20 bits per heavy atom. The van der Waals surface area contributed by atoms with Gasteiger partial charge in [-0.25, -0.2) is 19.7 Å². The SMILES string of the molecule is C[S+]([O-])c1cccc2nc(-c3cccnc3-n3ccnc3)oc(=O)c12. The lowest BCUT2D eigenvalue weighted by atomic mass is 10.2. The van der Waals surface area contributed by atoms with Gasteiger partial charge in [0.25, 0.3) is 0 Å². The summed E-state index contributed by atoms with van der Waals surface area (Å²) in [5, 5.41) is 0.236. The maximum absolute atomic E-state index is 12.5. The van der Waals surface area contributed by atoms with Crippen molar-refractivity contribution < 1.29 is 8.97 Å². The second kappa shape index (κ2) is 6.15. The van der Waals surface area contributed by atoms with Crippen molar-refractivity contribution in [3.8, 4) is 17.3 Å². The van der Waals surface area contributed by atoms with Gasteiger partial charge < -0.3 is 8.97 Å². The van der Waals surface area contributed by atoms with E-state index >= 15 is 0 Å². The first kappa shape index (κ1) is 15.6. The van der Waals surface area contributed by atoms with Crippen molar-refractivity contribution in [1.29, 1.82) is 0 Å². The maximum atomic E-state index is 12.5. The number of fused-ring (bicyclic) bond motifs is 1. The van der Waals surface area contributed by atoms with Crippen LogP contribution in [-0.2, 0) is 11.2 Å². The largest absolute Gasteiger partial charge is 0.612 e. The molecule has 0 spiro atoms. The predicted molar refractivity (Wildman–Crippen MR) is 93.0 cm³/mol. The minimum atomic E-state index is -1.32. The van der Waals surface area contributed by atoms with Crippen LogP contribution in [0, 0.1) is 0 Å². The van der Waals surface area contributed by atoms with Crippen molar-refractivity contribution in [1.82, 2.24) is 19.5 Å². The molecule has 124 valence electrons. The second-order valence-corrected chi connectivity index (χ2v) is 6.60. The molecule has 3 heterocycles. The fourth-order valence-electron chi connectivity index (χ4n) is 2.60. The molecule has 0 N–H and O–H groups in total. The van der Waals surface area contributed by atoms with Crippen LogP contribution in [0.2, 0.25) is 0 Å². The van der Waals surface area contributed by atoms with Crippen molar-refractivity contribution >= 4 is 22.1 Å². The van der Waals surface area contributed by atoms with Crippen LogP contribution < -0.4 is 5.63 Å². The zero-order chi connectivity index (χ0) is 17.4. The summed E-state index contributed by atoms with van der Waals surface area (Å²) in [7, 11) is 0. The van der Waals surface area contributed by atoms with Gasteiger partial charge in [-0.05, 0) is 35.4 Å². The van der Waals surface area contributed by atoms with E-state index in [-0.39, 0.29) is 11.3 Å². The lowest BCUT2D eigenvalue weighted by Gasteiger charge is -2.09. The van der Waals surface area contributed by atoms with Crippen LogP contribution in [0.15, 0.2) is 69.4 Å². The number of benzene rings is 1. The fraction of sp³-hybridized carbons (Fsp3) is 0.0588. The van der Waals surface area contributed by atoms with Crippen molar-refractivity contribution in [3.05, 3.63) is 65.7 Å². The van der Waals surface area contributed by atoms with Crippen molar-refractivity contribution in [3.63, 3.8) is 0 Å². The highest BCUT2D eigenvalue weighted by Crippen LogP contribution is 2.25. The molecule has 0 aliphatic heterocycles. The van der Waals surface area contributed by atoms with E-state index in [1.807, 2.05) is 0 Å². The maximum Gasteiger partial charge on any atom is 0.352 e. The van der Waals surface area contributed by atoms with Gasteiger partial charge in [-0.1, -0.05) is 6.07 Å². The molecule has 0 amide bonds. The Morgan fingerprint density at radius 2 is 2.08 bits per heavy atom. The Labute approximate surface area is 145 Å². The number of imidazole rings is 1. The van der Waals surface area contributed by atoms with E-state index in [2.05, 4.69) is 15.0 Å². The van der Waals surface area contributed by atoms with E-state index < -0.39 is 16.8 Å². The van der Waals surface area contributed by atoms with E-state index in [4.69, 9.17) is 4.42 Å². The molecular formula is C17H12N4O3S. The van der Waals surface area contributed by atoms with Crippen LogP contribution >= 0.6 is 0 Å². The zero-order valence-electron chi connectivity index (χ0n) is 13.1. The van der Waals surface area contributed by atoms with Gasteiger partial charge in [0.1, 0.15) is 18.0 Å². The molecule has 0 fully saturated rings. The van der Waals surface area contributed by atoms with E-state index in [1.165, 1.54) is 6.26 Å². The molecule has 1 aromatic carbocycles. The topological polar surface area (TPSA) is 96.9 Å². The Bertz CT molecular complexity index is 1110. The van der Waals surface area contributed by atoms with Gasteiger partial charge in [-0.15, -0.1) is 0 Å². The number of hydrogen-bond acceptors (Lipinski definition) is 6. The molecule has 0 bridgehead atoms. The molecule has 4 rings (SSSR count). The third-order valence-corrected chi connectivity index (χ3v) is 4.66. The van der Waals surface area contributed by atoms with Crippen molar-refractivity contribution in [2.75, 3.05) is 6.26 Å². The quantitative estimate of drug-likeness (QED) is 0.524. The summed E-state index contributed by atoms with van der Waals surface area (Å²) in [6.07, 6.45) is 8.12. The highest BCUT2D eigenvalue weighted by molar-refractivity contribution is 7.91. The Morgan fingerprint density at radius 3 is 2.84 bits per heavy atom. The molecule has 0 radical (unpaired) electrons. The van der Waals surface area contributed by atoms with Crippen LogP contribution in [0.4, 0.5) is 0 Å². The van der Waals surface area contributed by atoms with Crippen LogP contribution in [0.3, 0.4) is 0 Å². The molecule has 25 heavy (non-hydrogen) atoms. The molecule has 7 nitrogen and oxygen atoms in total. The molecule has 3 aromatic heterocycles. The number of nitrogens with zero attached hydrogens (tertiary/aromatic N) is 4. The Kier molecular flexibility index (Phi) is 3.83. The normalized spacial score (nSPS) is 12.4. The summed E-state index contributed by atoms with van der Waals surface area (Å²) in [5.41, 5.74) is 0.410. The summed E-state index contributed by atoms with van der Waals surface area (Å²) in [6, 6.07) is 8.55. The van der Waals surface area contributed by atoms with Crippen LogP contribution in [0.5, 0.6) is 0 Å². The first-order chi connectivity index (χ1) is 12.1. The van der Waals surface area contributed by atoms with Crippen LogP contribution in [0.25, 0.3) is 28.2 Å². The average molecular weight is 352 g/mol. The average Bonchev–Trinajstić information content (AvgIpc) is 3.15. The predicted octanol–water partition coefficient (Wildman–Crippen LogP) is 2.17. The summed E-state index contributed by atoms with van der Waals surface area (Å²) in [5.74, 6) is 0.693. The number of pyridine rings is 1. The third kappa shape index (κ3) is 2.71. The Hall–Kier alpha value is -2.97. The first-order valence-electron chi connectivity index (χ1n) is 7.36. The minimum absolute atomic E-state index is 0.147. The lowest BCUT2D eigenvalue weighted by Crippen LogP contribution is -2.10. The van der Waals surface area contributed by atoms with Gasteiger partial charge >= 0.3 is 5.63 Å². The third-order valence-electron chi connectivity index (χ3n) is 3.70. The Balaban J connectivity index is 1.97. The van der Waals surface area contributed by atoms with Crippen molar-refractivity contribution in [2.45, 2.75) is 4.90 Å². The summed E-state index contributed by atoms with van der Waals surface area (Å²) in [4.78, 5) is 25.7. The standard InChI is InChI=1S/C17H12N4O3S/c1-25(23)13-6-2-5-12-14(13)17(22)24-16(20-12)11-4-3-7-19-15(11)21-9-8-18-10-21/h2-10H,1H3. The van der Waals surface area contributed by atoms with Gasteiger partial charge in [0.05, 0.1) is 11.1 Å². The number of aromatic nitrogens is 4. The monoisotopic (exact) mass is 352 g/mol. The van der Waals surface area contributed by atoms with Crippen LogP contribution in [0.1, 0.15) is 0 Å². The summed E-state index contributed by atoms with van der Waals surface area (Å²) in [6.45, 7) is 0. The number of hydrogen-bond donors (Lipinski definition) is 0. The summed E-state index contributed by atoms with van der Waals surface area (Å²) >= 11 is -1.32. The van der Waals surface area contributed by atoms with Gasteiger partial charge in [0.2, 0.25) is 5.89 Å². The molecule has 0 aliphatic rings. The van der Waals surface area contributed by atoms with E-state index in [9.17, 15) is 9.35 Å². The second-order valence-electron chi connectivity index (χ2n) is 5.26. The fourth-order valence-corrected chi connectivity index (χ4v) is 3.34. The van der Waals surface area contributed by atoms with Gasteiger partial charge in [-0.2, -0.15) is 0 Å². The molecule has 0 saturated heterocycles. The van der Waals surface area contributed by atoms with Gasteiger partial charge in [-0.3, -0.25) is 4.57 Å². The lowest BCUT2D eigenvalue weighted by molar-refractivity contribution is 0.516. The molecule has 0 aliphatic carbocycles. The molecule has 4 aromatic rings. The summed E-state index contributed by atoms with van der Waals surface area (Å²) < 4.78 is 19.0. The van der Waals surface area contributed by atoms with Gasteiger partial charge in [0.15, 0.2) is 10.7 Å². The molecule has 8 heteroatoms. The smallest absolute Gasteiger partial charge is 0.352 e. The van der Waals surface area contributed by atoms with Crippen LogP contribution in [-0.4, -0.2) is 30.3 Å². The van der Waals surface area contributed by atoms with Gasteiger partial charge in [0, 0.05) is 18.6 Å². The van der Waals surface area contributed by atoms with E-state index in [0.717, 1.165) is 0 Å². The highest BCUT2D eigenvalue weighted by atomic mass is 32.2. The number of rotatable bonds is 3. The molecular weight excluding hydrogens is 340 g/mol. The highest BCUT2D eigenvalue weighted by Gasteiger charge is 2.19. The molecule has 0 saturated carbocycles. The molecule has 1 atom stereocenters. The van der Waals surface area contributed by atoms with E-state index in [1.54, 1.807) is 59.8 Å². The minimum Gasteiger partial charge on any atom is -0.612 e. The molecule has 1 unspecified atom stereocenters. The van der Waals surface area contributed by atoms with E-state index in [0.29, 0.717) is 21.8 Å². The van der Waals surface area contributed by atoms with Crippen molar-refractivity contribution in [2.24, 2.45) is 0 Å².